The summed E-state index contributed by atoms with van der Waals surface area (Å²) in [6.07, 6.45) is 0.597. The first-order valence-corrected chi connectivity index (χ1v) is 11.4. The SMILES string of the molecule is CC(=O)N1CCc2cc(S(=O)(=O)NC(C(=O)Nc3ccc(C)cc3)C(C)C)ccc21. The number of nitrogens with zero attached hydrogens (tertiary/aromatic N) is 1. The highest BCUT2D eigenvalue weighted by atomic mass is 32.2. The largest absolute Gasteiger partial charge is 0.325 e. The van der Waals surface area contributed by atoms with Crippen LogP contribution >= 0.6 is 0 Å². The Hall–Kier alpha value is -2.71. The van der Waals surface area contributed by atoms with Gasteiger partial charge in [-0.25, -0.2) is 8.42 Å². The van der Waals surface area contributed by atoms with Gasteiger partial charge in [-0.3, -0.25) is 9.59 Å². The van der Waals surface area contributed by atoms with Gasteiger partial charge >= 0.3 is 0 Å². The molecule has 0 spiro atoms. The predicted octanol–water partition coefficient (Wildman–Crippen LogP) is 2.85. The van der Waals surface area contributed by atoms with E-state index in [0.29, 0.717) is 18.7 Å². The number of rotatable bonds is 6. The zero-order valence-corrected chi connectivity index (χ0v) is 18.4. The van der Waals surface area contributed by atoms with Crippen molar-refractivity contribution in [2.75, 3.05) is 16.8 Å². The lowest BCUT2D eigenvalue weighted by Crippen LogP contribution is -2.47. The molecule has 1 unspecified atom stereocenters. The van der Waals surface area contributed by atoms with Crippen molar-refractivity contribution in [2.45, 2.75) is 45.1 Å². The van der Waals surface area contributed by atoms with Crippen molar-refractivity contribution < 1.29 is 18.0 Å². The van der Waals surface area contributed by atoms with Crippen molar-refractivity contribution in [3.05, 3.63) is 53.6 Å². The molecule has 1 aliphatic heterocycles. The van der Waals surface area contributed by atoms with Crippen LogP contribution in [0.1, 0.15) is 31.9 Å². The van der Waals surface area contributed by atoms with E-state index in [0.717, 1.165) is 16.8 Å². The molecule has 2 aromatic carbocycles. The first-order chi connectivity index (χ1) is 14.1. The van der Waals surface area contributed by atoms with Crippen LogP contribution in [0.2, 0.25) is 0 Å². The maximum atomic E-state index is 13.0. The van der Waals surface area contributed by atoms with Crippen molar-refractivity contribution >= 4 is 33.2 Å². The number of anilines is 2. The number of amides is 2. The Morgan fingerprint density at radius 2 is 1.73 bits per heavy atom. The predicted molar refractivity (Wildman–Crippen MR) is 117 cm³/mol. The molecule has 2 N–H and O–H groups in total. The first-order valence-electron chi connectivity index (χ1n) is 9.89. The standard InChI is InChI=1S/C22H27N3O4S/c1-14(2)21(22(27)23-18-7-5-15(3)6-8-18)24-30(28,29)19-9-10-20-17(13-19)11-12-25(20)16(4)26/h5-10,13-14,21,24H,11-12H2,1-4H3,(H,23,27). The molecule has 0 saturated carbocycles. The molecule has 0 radical (unpaired) electrons. The highest BCUT2D eigenvalue weighted by molar-refractivity contribution is 7.89. The third-order valence-electron chi connectivity index (χ3n) is 5.19. The topological polar surface area (TPSA) is 95.6 Å². The normalized spacial score (nSPS) is 14.5. The van der Waals surface area contributed by atoms with Gasteiger partial charge < -0.3 is 10.2 Å². The van der Waals surface area contributed by atoms with E-state index >= 15 is 0 Å². The van der Waals surface area contributed by atoms with Gasteiger partial charge in [0.05, 0.1) is 4.90 Å². The zero-order chi connectivity index (χ0) is 22.1. The minimum Gasteiger partial charge on any atom is -0.325 e. The molecule has 1 atom stereocenters. The lowest BCUT2D eigenvalue weighted by Gasteiger charge is -2.22. The van der Waals surface area contributed by atoms with E-state index in [-0.39, 0.29) is 16.7 Å². The van der Waals surface area contributed by atoms with Gasteiger partial charge in [-0.15, -0.1) is 0 Å². The molecule has 0 bridgehead atoms. The molecule has 8 heteroatoms. The van der Waals surface area contributed by atoms with E-state index in [1.807, 2.05) is 19.1 Å². The fourth-order valence-corrected chi connectivity index (χ4v) is 4.85. The second-order valence-electron chi connectivity index (χ2n) is 7.91. The number of hydrogen-bond donors (Lipinski definition) is 2. The van der Waals surface area contributed by atoms with Crippen molar-refractivity contribution in [1.29, 1.82) is 0 Å². The van der Waals surface area contributed by atoms with Crippen LogP contribution in [0.15, 0.2) is 47.4 Å². The highest BCUT2D eigenvalue weighted by Crippen LogP contribution is 2.30. The van der Waals surface area contributed by atoms with Gasteiger partial charge in [-0.05, 0) is 55.2 Å². The Balaban J connectivity index is 1.80. The van der Waals surface area contributed by atoms with Crippen LogP contribution in [0.25, 0.3) is 0 Å². The fraction of sp³-hybridized carbons (Fsp3) is 0.364. The Morgan fingerprint density at radius 1 is 1.07 bits per heavy atom. The van der Waals surface area contributed by atoms with Gasteiger partial charge in [-0.1, -0.05) is 31.5 Å². The highest BCUT2D eigenvalue weighted by Gasteiger charge is 2.30. The van der Waals surface area contributed by atoms with Gasteiger partial charge in [-0.2, -0.15) is 4.72 Å². The first kappa shape index (κ1) is 22.0. The fourth-order valence-electron chi connectivity index (χ4n) is 3.46. The van der Waals surface area contributed by atoms with Crippen LogP contribution in [0.4, 0.5) is 11.4 Å². The molecule has 3 rings (SSSR count). The third-order valence-corrected chi connectivity index (χ3v) is 6.63. The number of nitrogens with one attached hydrogen (secondary N) is 2. The minimum atomic E-state index is -3.92. The zero-order valence-electron chi connectivity index (χ0n) is 17.6. The number of sulfonamides is 1. The van der Waals surface area contributed by atoms with Gasteiger partial charge in [0.25, 0.3) is 0 Å². The number of hydrogen-bond acceptors (Lipinski definition) is 4. The summed E-state index contributed by atoms with van der Waals surface area (Å²) in [6.45, 7) is 7.55. The van der Waals surface area contributed by atoms with E-state index in [2.05, 4.69) is 10.0 Å². The summed E-state index contributed by atoms with van der Waals surface area (Å²) in [5, 5.41) is 2.77. The van der Waals surface area contributed by atoms with Gasteiger partial charge in [0, 0.05) is 24.8 Å². The Kier molecular flexibility index (Phi) is 6.28. The van der Waals surface area contributed by atoms with Gasteiger partial charge in [0.15, 0.2) is 0 Å². The average molecular weight is 430 g/mol. The molecule has 30 heavy (non-hydrogen) atoms. The van der Waals surface area contributed by atoms with E-state index < -0.39 is 22.0 Å². The molecule has 1 heterocycles. The van der Waals surface area contributed by atoms with E-state index in [9.17, 15) is 18.0 Å². The number of fused-ring (bicyclic) bond motifs is 1. The number of carbonyl (C=O) groups is 2. The lowest BCUT2D eigenvalue weighted by atomic mass is 10.0. The summed E-state index contributed by atoms with van der Waals surface area (Å²) >= 11 is 0. The molecule has 2 aromatic rings. The maximum absolute atomic E-state index is 13.0. The van der Waals surface area contributed by atoms with E-state index in [4.69, 9.17) is 0 Å². The Bertz CT molecular complexity index is 1060. The van der Waals surface area contributed by atoms with Crippen molar-refractivity contribution in [3.63, 3.8) is 0 Å². The molecule has 0 saturated heterocycles. The molecule has 160 valence electrons. The number of aryl methyl sites for hydroxylation is 1. The van der Waals surface area contributed by atoms with Crippen LogP contribution in [0, 0.1) is 12.8 Å². The maximum Gasteiger partial charge on any atom is 0.242 e. The quantitative estimate of drug-likeness (QED) is 0.738. The van der Waals surface area contributed by atoms with Crippen molar-refractivity contribution in [1.82, 2.24) is 4.72 Å². The monoisotopic (exact) mass is 429 g/mol. The lowest BCUT2D eigenvalue weighted by molar-refractivity contribution is -0.118. The smallest absolute Gasteiger partial charge is 0.242 e. The summed E-state index contributed by atoms with van der Waals surface area (Å²) in [6, 6.07) is 11.1. The molecular formula is C22H27N3O4S. The summed E-state index contributed by atoms with van der Waals surface area (Å²) < 4.78 is 28.5. The molecular weight excluding hydrogens is 402 g/mol. The molecule has 2 amide bonds. The summed E-state index contributed by atoms with van der Waals surface area (Å²) in [5.41, 5.74) is 3.21. The summed E-state index contributed by atoms with van der Waals surface area (Å²) in [7, 11) is -3.92. The number of carbonyl (C=O) groups excluding carboxylic acids is 2. The van der Waals surface area contributed by atoms with E-state index in [1.165, 1.54) is 13.0 Å². The summed E-state index contributed by atoms with van der Waals surface area (Å²) in [4.78, 5) is 26.2. The second-order valence-corrected chi connectivity index (χ2v) is 9.62. The van der Waals surface area contributed by atoms with Gasteiger partial charge in [0.1, 0.15) is 6.04 Å². The van der Waals surface area contributed by atoms with Crippen molar-refractivity contribution in [3.8, 4) is 0 Å². The molecule has 0 fully saturated rings. The molecule has 1 aliphatic rings. The Morgan fingerprint density at radius 3 is 2.33 bits per heavy atom. The Labute approximate surface area is 177 Å². The average Bonchev–Trinajstić information content (AvgIpc) is 3.11. The third kappa shape index (κ3) is 4.71. The molecule has 7 nitrogen and oxygen atoms in total. The molecule has 0 aliphatic carbocycles. The van der Waals surface area contributed by atoms with Crippen LogP contribution in [0.5, 0.6) is 0 Å². The van der Waals surface area contributed by atoms with Crippen LogP contribution in [0.3, 0.4) is 0 Å². The number of benzene rings is 2. The van der Waals surface area contributed by atoms with E-state index in [1.54, 1.807) is 43.0 Å². The van der Waals surface area contributed by atoms with Crippen LogP contribution in [-0.2, 0) is 26.0 Å². The van der Waals surface area contributed by atoms with Gasteiger partial charge in [0.2, 0.25) is 21.8 Å². The van der Waals surface area contributed by atoms with Crippen LogP contribution < -0.4 is 14.9 Å². The molecule has 0 aromatic heterocycles. The van der Waals surface area contributed by atoms with Crippen molar-refractivity contribution in [2.24, 2.45) is 5.92 Å². The summed E-state index contributed by atoms with van der Waals surface area (Å²) in [5.74, 6) is -0.746. The van der Waals surface area contributed by atoms with Crippen LogP contribution in [-0.4, -0.2) is 32.8 Å². The second kappa shape index (κ2) is 8.57. The minimum absolute atomic E-state index is 0.0740.